The monoisotopic (exact) mass is 235 g/mol. The van der Waals surface area contributed by atoms with Crippen molar-refractivity contribution in [2.45, 2.75) is 20.0 Å². The van der Waals surface area contributed by atoms with Crippen molar-refractivity contribution >= 4 is 5.82 Å². The van der Waals surface area contributed by atoms with Gasteiger partial charge in [-0.05, 0) is 38.1 Å². The molecule has 0 atom stereocenters. The van der Waals surface area contributed by atoms with Gasteiger partial charge in [0.2, 0.25) is 5.88 Å². The van der Waals surface area contributed by atoms with Gasteiger partial charge in [0.25, 0.3) is 0 Å². The Labute approximate surface area is 98.8 Å². The lowest BCUT2D eigenvalue weighted by molar-refractivity contribution is 0.231. The Morgan fingerprint density at radius 2 is 1.94 bits per heavy atom. The molecule has 2 rings (SSSR count). The van der Waals surface area contributed by atoms with E-state index in [-0.39, 0.29) is 11.9 Å². The van der Waals surface area contributed by atoms with Crippen LogP contribution in [0.5, 0.6) is 5.88 Å². The number of ether oxygens (including phenoxy) is 1. The zero-order valence-corrected chi connectivity index (χ0v) is 9.72. The smallest absolute Gasteiger partial charge is 0.235 e. The molecule has 1 heterocycles. The lowest BCUT2D eigenvalue weighted by Crippen LogP contribution is -2.06. The summed E-state index contributed by atoms with van der Waals surface area (Å²) in [6.07, 6.45) is 0.0333. The van der Waals surface area contributed by atoms with Crippen LogP contribution in [0.25, 0.3) is 5.69 Å². The van der Waals surface area contributed by atoms with E-state index in [1.165, 1.54) is 16.8 Å². The van der Waals surface area contributed by atoms with E-state index < -0.39 is 0 Å². The van der Waals surface area contributed by atoms with E-state index in [0.717, 1.165) is 0 Å². The van der Waals surface area contributed by atoms with Crippen molar-refractivity contribution in [3.8, 4) is 11.6 Å². The average Bonchev–Trinajstić information content (AvgIpc) is 2.59. The maximum absolute atomic E-state index is 12.8. The van der Waals surface area contributed by atoms with E-state index in [1.54, 1.807) is 18.2 Å². The van der Waals surface area contributed by atoms with Crippen LogP contribution in [-0.4, -0.2) is 15.9 Å². The third kappa shape index (κ3) is 2.55. The molecule has 2 aromatic rings. The minimum absolute atomic E-state index is 0.0333. The molecule has 1 aromatic carbocycles. The first-order chi connectivity index (χ1) is 8.06. The van der Waals surface area contributed by atoms with Crippen LogP contribution in [0.2, 0.25) is 0 Å². The lowest BCUT2D eigenvalue weighted by Gasteiger charge is -2.05. The van der Waals surface area contributed by atoms with Crippen LogP contribution in [0.4, 0.5) is 10.2 Å². The Hall–Kier alpha value is -2.04. The molecule has 4 nitrogen and oxygen atoms in total. The normalized spacial score (nSPS) is 10.8. The Morgan fingerprint density at radius 3 is 2.53 bits per heavy atom. The number of nitrogens with two attached hydrogens (primary N) is 1. The molecule has 90 valence electrons. The molecule has 1 aromatic heterocycles. The largest absolute Gasteiger partial charge is 0.474 e. The molecule has 2 N–H and O–H groups in total. The molecule has 0 saturated heterocycles. The third-order valence-electron chi connectivity index (χ3n) is 2.14. The number of nitrogens with zero attached hydrogens (tertiary/aromatic N) is 2. The summed E-state index contributed by atoms with van der Waals surface area (Å²) in [5.74, 6) is 0.618. The summed E-state index contributed by atoms with van der Waals surface area (Å²) in [7, 11) is 0. The molecule has 0 aliphatic rings. The van der Waals surface area contributed by atoms with E-state index in [9.17, 15) is 4.39 Å². The quantitative estimate of drug-likeness (QED) is 0.888. The minimum atomic E-state index is -0.293. The molecular weight excluding hydrogens is 221 g/mol. The number of benzene rings is 1. The molecule has 0 fully saturated rings. The van der Waals surface area contributed by atoms with Gasteiger partial charge in [0.05, 0.1) is 11.8 Å². The van der Waals surface area contributed by atoms with Gasteiger partial charge in [0.1, 0.15) is 11.6 Å². The molecular formula is C12H14FN3O. The summed E-state index contributed by atoms with van der Waals surface area (Å²) in [6, 6.07) is 7.58. The fourth-order valence-electron chi connectivity index (χ4n) is 1.46. The SMILES string of the molecule is CC(C)Oc1cc(N)n(-c2ccc(F)cc2)n1. The van der Waals surface area contributed by atoms with E-state index in [4.69, 9.17) is 10.5 Å². The zero-order chi connectivity index (χ0) is 12.4. The van der Waals surface area contributed by atoms with Gasteiger partial charge in [-0.3, -0.25) is 0 Å². The van der Waals surface area contributed by atoms with Crippen LogP contribution in [-0.2, 0) is 0 Å². The van der Waals surface area contributed by atoms with Crippen molar-refractivity contribution in [1.29, 1.82) is 0 Å². The first-order valence-corrected chi connectivity index (χ1v) is 5.34. The summed E-state index contributed by atoms with van der Waals surface area (Å²) < 4.78 is 19.7. The molecule has 0 aliphatic heterocycles. The maximum atomic E-state index is 12.8. The number of halogens is 1. The van der Waals surface area contributed by atoms with Crippen LogP contribution in [0, 0.1) is 5.82 Å². The number of aromatic nitrogens is 2. The van der Waals surface area contributed by atoms with Gasteiger partial charge in [0, 0.05) is 6.07 Å². The number of hydrogen-bond donors (Lipinski definition) is 1. The molecule has 0 aliphatic carbocycles. The van der Waals surface area contributed by atoms with Gasteiger partial charge in [-0.15, -0.1) is 5.10 Å². The Morgan fingerprint density at radius 1 is 1.29 bits per heavy atom. The number of rotatable bonds is 3. The van der Waals surface area contributed by atoms with Crippen LogP contribution in [0.3, 0.4) is 0 Å². The molecule has 0 amide bonds. The topological polar surface area (TPSA) is 53.1 Å². The van der Waals surface area contributed by atoms with Gasteiger partial charge in [0.15, 0.2) is 0 Å². The average molecular weight is 235 g/mol. The summed E-state index contributed by atoms with van der Waals surface area (Å²) in [4.78, 5) is 0. The summed E-state index contributed by atoms with van der Waals surface area (Å²) in [5, 5.41) is 4.20. The second-order valence-corrected chi connectivity index (χ2v) is 3.96. The van der Waals surface area contributed by atoms with Crippen molar-refractivity contribution in [3.05, 3.63) is 36.1 Å². The van der Waals surface area contributed by atoms with Crippen LogP contribution in [0.1, 0.15) is 13.8 Å². The van der Waals surface area contributed by atoms with Gasteiger partial charge in [-0.25, -0.2) is 9.07 Å². The first kappa shape index (κ1) is 11.4. The predicted octanol–water partition coefficient (Wildman–Crippen LogP) is 2.38. The van der Waals surface area contributed by atoms with Crippen LogP contribution < -0.4 is 10.5 Å². The Balaban J connectivity index is 2.32. The lowest BCUT2D eigenvalue weighted by atomic mass is 10.3. The third-order valence-corrected chi connectivity index (χ3v) is 2.14. The van der Waals surface area contributed by atoms with Gasteiger partial charge >= 0.3 is 0 Å². The highest BCUT2D eigenvalue weighted by atomic mass is 19.1. The van der Waals surface area contributed by atoms with Gasteiger partial charge in [-0.2, -0.15) is 0 Å². The van der Waals surface area contributed by atoms with Gasteiger partial charge < -0.3 is 10.5 Å². The summed E-state index contributed by atoms with van der Waals surface area (Å²) in [6.45, 7) is 3.82. The number of hydrogen-bond acceptors (Lipinski definition) is 3. The van der Waals surface area contributed by atoms with Crippen molar-refractivity contribution in [2.75, 3.05) is 5.73 Å². The summed E-state index contributed by atoms with van der Waals surface area (Å²) >= 11 is 0. The van der Waals surface area contributed by atoms with Crippen molar-refractivity contribution in [2.24, 2.45) is 0 Å². The second kappa shape index (κ2) is 4.45. The minimum Gasteiger partial charge on any atom is -0.474 e. The fourth-order valence-corrected chi connectivity index (χ4v) is 1.46. The van der Waals surface area contributed by atoms with Crippen LogP contribution >= 0.6 is 0 Å². The fraction of sp³-hybridized carbons (Fsp3) is 0.250. The second-order valence-electron chi connectivity index (χ2n) is 3.96. The highest BCUT2D eigenvalue weighted by Gasteiger charge is 2.09. The molecule has 0 spiro atoms. The highest BCUT2D eigenvalue weighted by Crippen LogP contribution is 2.19. The standard InChI is InChI=1S/C12H14FN3O/c1-8(2)17-12-7-11(14)16(15-12)10-5-3-9(13)4-6-10/h3-8H,14H2,1-2H3. The first-order valence-electron chi connectivity index (χ1n) is 5.34. The number of nitrogen functional groups attached to an aromatic ring is 1. The highest BCUT2D eigenvalue weighted by molar-refractivity contribution is 5.44. The van der Waals surface area contributed by atoms with Crippen LogP contribution in [0.15, 0.2) is 30.3 Å². The number of anilines is 1. The molecule has 0 saturated carbocycles. The van der Waals surface area contributed by atoms with E-state index >= 15 is 0 Å². The molecule has 17 heavy (non-hydrogen) atoms. The molecule has 0 unspecified atom stereocenters. The van der Waals surface area contributed by atoms with Crippen molar-refractivity contribution < 1.29 is 9.13 Å². The van der Waals surface area contributed by atoms with E-state index in [0.29, 0.717) is 17.4 Å². The van der Waals surface area contributed by atoms with Gasteiger partial charge in [-0.1, -0.05) is 0 Å². The van der Waals surface area contributed by atoms with E-state index in [1.807, 2.05) is 13.8 Å². The van der Waals surface area contributed by atoms with Crippen molar-refractivity contribution in [3.63, 3.8) is 0 Å². The maximum Gasteiger partial charge on any atom is 0.235 e. The predicted molar refractivity (Wildman–Crippen MR) is 63.7 cm³/mol. The Kier molecular flexibility index (Phi) is 2.99. The summed E-state index contributed by atoms with van der Waals surface area (Å²) in [5.41, 5.74) is 6.51. The Bertz CT molecular complexity index is 505. The molecule has 5 heteroatoms. The molecule has 0 radical (unpaired) electrons. The van der Waals surface area contributed by atoms with E-state index in [2.05, 4.69) is 5.10 Å². The zero-order valence-electron chi connectivity index (χ0n) is 9.72. The molecule has 0 bridgehead atoms. The van der Waals surface area contributed by atoms with Crippen molar-refractivity contribution in [1.82, 2.24) is 9.78 Å².